The van der Waals surface area contributed by atoms with Gasteiger partial charge in [0.15, 0.2) is 5.82 Å². The summed E-state index contributed by atoms with van der Waals surface area (Å²) in [5.41, 5.74) is -0.331. The predicted molar refractivity (Wildman–Crippen MR) is 155 cm³/mol. The molecular weight excluding hydrogens is 524 g/mol. The molecule has 214 valence electrons. The van der Waals surface area contributed by atoms with Crippen LogP contribution in [0.15, 0.2) is 42.6 Å². The summed E-state index contributed by atoms with van der Waals surface area (Å²) < 4.78 is 37.6. The van der Waals surface area contributed by atoms with Crippen LogP contribution in [0.4, 0.5) is 14.6 Å². The van der Waals surface area contributed by atoms with Crippen molar-refractivity contribution in [2.75, 3.05) is 44.2 Å². The Balaban J connectivity index is 1.31. The normalized spacial score (nSPS) is 22.5. The molecule has 0 amide bonds. The molecule has 0 spiro atoms. The first kappa shape index (κ1) is 26.5. The van der Waals surface area contributed by atoms with Gasteiger partial charge in [-0.2, -0.15) is 9.97 Å². The Hall–Kier alpha value is -3.43. The fourth-order valence-electron chi connectivity index (χ4n) is 6.57. The predicted octanol–water partition coefficient (Wildman–Crippen LogP) is 5.73. The summed E-state index contributed by atoms with van der Waals surface area (Å²) in [6.45, 7) is 6.55. The number of nitrogens with zero attached hydrogens (tertiary/aromatic N) is 5. The van der Waals surface area contributed by atoms with E-state index in [-0.39, 0.29) is 22.6 Å². The number of rotatable bonds is 7. The van der Waals surface area contributed by atoms with Crippen molar-refractivity contribution < 1.29 is 18.6 Å². The summed E-state index contributed by atoms with van der Waals surface area (Å²) >= 11 is 0. The first-order chi connectivity index (χ1) is 19.8. The van der Waals surface area contributed by atoms with Crippen molar-refractivity contribution >= 4 is 27.5 Å². The molecule has 2 aromatic carbocycles. The minimum Gasteiger partial charge on any atom is -0.463 e. The van der Waals surface area contributed by atoms with Crippen molar-refractivity contribution in [3.63, 3.8) is 0 Å². The molecule has 2 aromatic heterocycles. The fourth-order valence-corrected chi connectivity index (χ4v) is 6.57. The third-order valence-corrected chi connectivity index (χ3v) is 8.95. The highest BCUT2D eigenvalue weighted by molar-refractivity contribution is 5.99. The molecule has 9 heteroatoms. The fraction of sp³-hybridized carbons (Fsp3) is 0.469. The largest absolute Gasteiger partial charge is 0.463 e. The average molecular weight is 560 g/mol. The van der Waals surface area contributed by atoms with Crippen molar-refractivity contribution in [1.29, 1.82) is 0 Å². The highest BCUT2D eigenvalue weighted by Gasteiger charge is 2.45. The molecule has 0 bridgehead atoms. The number of aromatic nitrogens is 3. The molecular formula is C32H35F2N5O2. The lowest BCUT2D eigenvalue weighted by molar-refractivity contribution is 0.0447. The van der Waals surface area contributed by atoms with Crippen LogP contribution in [0.25, 0.3) is 32.9 Å². The molecule has 3 fully saturated rings. The first-order valence-electron chi connectivity index (χ1n) is 14.7. The maximum atomic E-state index is 16.4. The van der Waals surface area contributed by atoms with Crippen molar-refractivity contribution in [3.05, 3.63) is 54.2 Å². The molecule has 41 heavy (non-hydrogen) atoms. The van der Waals surface area contributed by atoms with Crippen LogP contribution in [0, 0.1) is 17.0 Å². The molecule has 4 aromatic rings. The number of piperidine rings is 1. The van der Waals surface area contributed by atoms with Gasteiger partial charge in [0.2, 0.25) is 0 Å². The highest BCUT2D eigenvalue weighted by atomic mass is 19.1. The van der Waals surface area contributed by atoms with E-state index in [1.54, 1.807) is 43.5 Å². The second-order valence-corrected chi connectivity index (χ2v) is 12.5. The molecule has 4 heterocycles. The van der Waals surface area contributed by atoms with E-state index in [1.807, 2.05) is 4.90 Å². The van der Waals surface area contributed by atoms with Gasteiger partial charge in [-0.3, -0.25) is 4.98 Å². The second-order valence-electron chi connectivity index (χ2n) is 12.5. The lowest BCUT2D eigenvalue weighted by Gasteiger charge is -2.37. The molecule has 3 aliphatic rings. The van der Waals surface area contributed by atoms with Crippen molar-refractivity contribution in [3.8, 4) is 17.3 Å². The Kier molecular flexibility index (Phi) is 6.54. The zero-order chi connectivity index (χ0) is 28.2. The maximum Gasteiger partial charge on any atom is 0.319 e. The van der Waals surface area contributed by atoms with E-state index in [0.717, 1.165) is 38.9 Å². The minimum atomic E-state index is -0.892. The van der Waals surface area contributed by atoms with Crippen LogP contribution in [0.1, 0.15) is 45.4 Å². The van der Waals surface area contributed by atoms with E-state index in [1.165, 1.54) is 18.9 Å². The molecule has 7 rings (SSSR count). The van der Waals surface area contributed by atoms with Gasteiger partial charge in [-0.15, -0.1) is 0 Å². The summed E-state index contributed by atoms with van der Waals surface area (Å²) in [5.74, 6) is -0.583. The molecule has 1 unspecified atom stereocenters. The number of hydrogen-bond donors (Lipinski definition) is 1. The van der Waals surface area contributed by atoms with Crippen LogP contribution in [-0.4, -0.2) is 69.9 Å². The first-order valence-corrected chi connectivity index (χ1v) is 14.7. The van der Waals surface area contributed by atoms with E-state index in [9.17, 15) is 9.50 Å². The van der Waals surface area contributed by atoms with Gasteiger partial charge in [0, 0.05) is 42.2 Å². The molecule has 1 N–H and O–H groups in total. The Morgan fingerprint density at radius 3 is 2.51 bits per heavy atom. The van der Waals surface area contributed by atoms with Crippen molar-refractivity contribution in [2.45, 2.75) is 51.0 Å². The number of β-amino-alcohol motifs (C(OH)–C–C–N with tert-alkyl or cyclic N) is 1. The number of fused-ring (bicyclic) bond motifs is 2. The lowest BCUT2D eigenvalue weighted by atomic mass is 9.95. The summed E-state index contributed by atoms with van der Waals surface area (Å²) in [7, 11) is 0. The molecule has 0 radical (unpaired) electrons. The van der Waals surface area contributed by atoms with Gasteiger partial charge in [-0.05, 0) is 70.0 Å². The number of aliphatic hydroxyl groups is 1. The van der Waals surface area contributed by atoms with Crippen LogP contribution >= 0.6 is 0 Å². The van der Waals surface area contributed by atoms with E-state index >= 15 is 4.39 Å². The lowest BCUT2D eigenvalue weighted by Crippen LogP contribution is -2.46. The van der Waals surface area contributed by atoms with Gasteiger partial charge in [0.05, 0.1) is 17.6 Å². The Morgan fingerprint density at radius 2 is 1.76 bits per heavy atom. The van der Waals surface area contributed by atoms with E-state index in [2.05, 4.69) is 14.9 Å². The van der Waals surface area contributed by atoms with Crippen LogP contribution in [0.3, 0.4) is 0 Å². The molecule has 2 saturated heterocycles. The smallest absolute Gasteiger partial charge is 0.319 e. The number of benzene rings is 2. The second kappa shape index (κ2) is 10.1. The van der Waals surface area contributed by atoms with E-state index < -0.39 is 17.2 Å². The third kappa shape index (κ3) is 5.10. The van der Waals surface area contributed by atoms with Gasteiger partial charge in [-0.25, -0.2) is 8.78 Å². The maximum absolute atomic E-state index is 16.4. The number of likely N-dealkylation sites (tertiary alicyclic amines) is 1. The average Bonchev–Trinajstić information content (AvgIpc) is 3.53. The quantitative estimate of drug-likeness (QED) is 0.310. The van der Waals surface area contributed by atoms with Gasteiger partial charge >= 0.3 is 6.01 Å². The van der Waals surface area contributed by atoms with E-state index in [4.69, 9.17) is 9.72 Å². The molecule has 1 atom stereocenters. The van der Waals surface area contributed by atoms with Gasteiger partial charge in [-0.1, -0.05) is 30.3 Å². The number of ether oxygens (including phenoxy) is 1. The van der Waals surface area contributed by atoms with Gasteiger partial charge in [0.25, 0.3) is 0 Å². The summed E-state index contributed by atoms with van der Waals surface area (Å²) in [5, 5.41) is 12.3. The Labute approximate surface area is 238 Å². The topological polar surface area (TPSA) is 74.6 Å². The molecule has 2 aliphatic heterocycles. The summed E-state index contributed by atoms with van der Waals surface area (Å²) in [6.07, 6.45) is 7.68. The zero-order valence-electron chi connectivity index (χ0n) is 23.4. The molecule has 7 nitrogen and oxygen atoms in total. The molecule has 1 aliphatic carbocycles. The SMILES string of the molecule is CC1(O)CCCN(c2nc(OCC3(CN4CCCC4)CC3)nc3c(F)c(-c4cccc5cccc(F)c45)ncc23)C1. The highest BCUT2D eigenvalue weighted by Crippen LogP contribution is 2.47. The summed E-state index contributed by atoms with van der Waals surface area (Å²) in [4.78, 5) is 18.3. The van der Waals surface area contributed by atoms with Crippen LogP contribution in [0.5, 0.6) is 6.01 Å². The number of anilines is 1. The van der Waals surface area contributed by atoms with Crippen LogP contribution < -0.4 is 9.64 Å². The zero-order valence-corrected chi connectivity index (χ0v) is 23.4. The Morgan fingerprint density at radius 1 is 0.976 bits per heavy atom. The van der Waals surface area contributed by atoms with Gasteiger partial charge < -0.3 is 19.6 Å². The minimum absolute atomic E-state index is 0.0298. The van der Waals surface area contributed by atoms with Crippen molar-refractivity contribution in [1.82, 2.24) is 19.9 Å². The number of pyridine rings is 1. The monoisotopic (exact) mass is 559 g/mol. The Bertz CT molecular complexity index is 1610. The standard InChI is InChI=1S/C32H35F2N5O2/c1-31(40)11-6-16-39(18-31)29-23-17-35-27(22-9-4-7-21-8-5-10-24(33)25(21)22)26(34)28(23)36-30(37-29)41-20-32(12-13-32)19-38-14-2-3-15-38/h4-5,7-10,17,40H,2-3,6,11-16,18-20H2,1H3. The van der Waals surface area contributed by atoms with Crippen molar-refractivity contribution in [2.24, 2.45) is 5.41 Å². The van der Waals surface area contributed by atoms with Crippen LogP contribution in [0.2, 0.25) is 0 Å². The summed E-state index contributed by atoms with van der Waals surface area (Å²) in [6, 6.07) is 10.2. The van der Waals surface area contributed by atoms with E-state index in [0.29, 0.717) is 53.7 Å². The number of hydrogen-bond acceptors (Lipinski definition) is 7. The molecule has 1 saturated carbocycles. The third-order valence-electron chi connectivity index (χ3n) is 8.95. The number of halogens is 2. The van der Waals surface area contributed by atoms with Crippen LogP contribution in [-0.2, 0) is 0 Å². The van der Waals surface area contributed by atoms with Gasteiger partial charge in [0.1, 0.15) is 22.8 Å².